The van der Waals surface area contributed by atoms with Gasteiger partial charge in [0.25, 0.3) is 0 Å². The second-order valence-electron chi connectivity index (χ2n) is 13.3. The molecule has 4 heteroatoms. The lowest BCUT2D eigenvalue weighted by atomic mass is 10.1. The molecule has 6 aromatic carbocycles. The second kappa shape index (κ2) is 15.7. The number of hydrogen-bond donors (Lipinski definition) is 0. The molecule has 0 unspecified atom stereocenters. The molecule has 254 valence electrons. The summed E-state index contributed by atoms with van der Waals surface area (Å²) in [6, 6.07) is 49.2. The highest BCUT2D eigenvalue weighted by Gasteiger charge is 2.17. The first-order chi connectivity index (χ1) is 24.7. The average Bonchev–Trinajstić information content (AvgIpc) is 3.67. The molecular formula is C47H42S4. The van der Waals surface area contributed by atoms with Gasteiger partial charge in [-0.3, -0.25) is 0 Å². The first kappa shape index (κ1) is 35.3. The Morgan fingerprint density at radius 3 is 1.16 bits per heavy atom. The van der Waals surface area contributed by atoms with Crippen molar-refractivity contribution >= 4 is 66.4 Å². The van der Waals surface area contributed by atoms with E-state index < -0.39 is 0 Å². The van der Waals surface area contributed by atoms with Gasteiger partial charge >= 0.3 is 0 Å². The van der Waals surface area contributed by atoms with Crippen molar-refractivity contribution in [2.24, 2.45) is 0 Å². The molecule has 0 aliphatic carbocycles. The first-order valence-corrected chi connectivity index (χ1v) is 20.7. The number of aryl methyl sites for hydroxylation is 6. The van der Waals surface area contributed by atoms with Crippen LogP contribution in [-0.2, 0) is 6.42 Å². The zero-order chi connectivity index (χ0) is 35.5. The van der Waals surface area contributed by atoms with Gasteiger partial charge in [-0.25, -0.2) is 0 Å². The van der Waals surface area contributed by atoms with Gasteiger partial charge in [-0.15, -0.1) is 22.7 Å². The van der Waals surface area contributed by atoms with Crippen LogP contribution in [0.1, 0.15) is 40.3 Å². The molecule has 0 amide bonds. The molecule has 2 aromatic heterocycles. The molecule has 0 saturated carbocycles. The summed E-state index contributed by atoms with van der Waals surface area (Å²) in [5.74, 6) is 0. The van der Waals surface area contributed by atoms with Crippen LogP contribution in [-0.4, -0.2) is 0 Å². The Labute approximate surface area is 319 Å². The summed E-state index contributed by atoms with van der Waals surface area (Å²) in [5, 5.41) is 2.72. The molecule has 8 rings (SSSR count). The lowest BCUT2D eigenvalue weighted by molar-refractivity contribution is 1.13. The number of rotatable bonds is 7. The van der Waals surface area contributed by atoms with Crippen molar-refractivity contribution in [1.82, 2.24) is 0 Å². The van der Waals surface area contributed by atoms with Crippen LogP contribution in [0.4, 0.5) is 0 Å². The molecule has 0 saturated heterocycles. The third kappa shape index (κ3) is 8.21. The Kier molecular flexibility index (Phi) is 10.9. The topological polar surface area (TPSA) is 0 Å². The van der Waals surface area contributed by atoms with Crippen LogP contribution in [0.5, 0.6) is 0 Å². The molecule has 8 aromatic rings. The fourth-order valence-electron chi connectivity index (χ4n) is 5.99. The molecule has 0 bridgehead atoms. The highest BCUT2D eigenvalue weighted by molar-refractivity contribution is 8.00. The van der Waals surface area contributed by atoms with Crippen molar-refractivity contribution in [1.29, 1.82) is 0 Å². The van der Waals surface area contributed by atoms with Crippen molar-refractivity contribution in [3.05, 3.63) is 167 Å². The minimum Gasteiger partial charge on any atom is -0.134 e. The highest BCUT2D eigenvalue weighted by Crippen LogP contribution is 2.48. The lowest BCUT2D eigenvalue weighted by Gasteiger charge is -2.07. The van der Waals surface area contributed by atoms with E-state index in [1.54, 1.807) is 0 Å². The number of hydrogen-bond acceptors (Lipinski definition) is 4. The lowest BCUT2D eigenvalue weighted by Crippen LogP contribution is -1.81. The van der Waals surface area contributed by atoms with E-state index in [4.69, 9.17) is 0 Å². The van der Waals surface area contributed by atoms with Crippen LogP contribution in [0.15, 0.2) is 153 Å². The van der Waals surface area contributed by atoms with E-state index in [0.29, 0.717) is 0 Å². The van der Waals surface area contributed by atoms with Gasteiger partial charge in [0, 0.05) is 49.5 Å². The van der Waals surface area contributed by atoms with Crippen LogP contribution < -0.4 is 0 Å². The quantitative estimate of drug-likeness (QED) is 0.160. The standard InChI is InChI=1S/C24H22S2.C23H20S2/c1-4-18-8-12-20(13-9-18)25-24-21-14-7-17(3)15-22(21)26-23(24)19-10-5-16(2)6-11-19;1-15-4-9-18(10-5-15)22-23(24-19-11-6-16(2)7-12-19)20-13-8-17(3)14-21(20)25-22/h5-15H,4H2,1-3H3;4-14H,1-3H3. The Morgan fingerprint density at radius 1 is 0.412 bits per heavy atom. The molecule has 0 aliphatic heterocycles. The fraction of sp³-hybridized carbons (Fsp3) is 0.149. The zero-order valence-corrected chi connectivity index (χ0v) is 33.3. The first-order valence-electron chi connectivity index (χ1n) is 17.5. The SMILES string of the molecule is CCc1ccc(Sc2c(-c3ccc(C)cc3)sc3cc(C)ccc23)cc1.Cc1ccc(Sc2c(-c3ccc(C)cc3)sc3cc(C)ccc23)cc1. The summed E-state index contributed by atoms with van der Waals surface area (Å²) in [7, 11) is 0. The second-order valence-corrected chi connectivity index (χ2v) is 17.5. The van der Waals surface area contributed by atoms with Crippen molar-refractivity contribution in [3.63, 3.8) is 0 Å². The monoisotopic (exact) mass is 734 g/mol. The maximum Gasteiger partial charge on any atom is 0.0494 e. The Morgan fingerprint density at radius 2 is 0.765 bits per heavy atom. The summed E-state index contributed by atoms with van der Waals surface area (Å²) in [6.45, 7) is 12.9. The molecule has 0 fully saturated rings. The average molecular weight is 735 g/mol. The molecule has 51 heavy (non-hydrogen) atoms. The maximum absolute atomic E-state index is 2.31. The third-order valence-corrected chi connectivity index (χ3v) is 14.0. The van der Waals surface area contributed by atoms with E-state index in [9.17, 15) is 0 Å². The third-order valence-electron chi connectivity index (χ3n) is 9.02. The molecule has 0 atom stereocenters. The molecule has 0 radical (unpaired) electrons. The Hall–Kier alpha value is -4.06. The maximum atomic E-state index is 2.31. The summed E-state index contributed by atoms with van der Waals surface area (Å²) >= 11 is 7.56. The van der Waals surface area contributed by atoms with E-state index >= 15 is 0 Å². The van der Waals surface area contributed by atoms with Crippen LogP contribution in [0, 0.1) is 34.6 Å². The summed E-state index contributed by atoms with van der Waals surface area (Å²) < 4.78 is 2.73. The van der Waals surface area contributed by atoms with Crippen LogP contribution in [0.25, 0.3) is 41.1 Å². The predicted molar refractivity (Wildman–Crippen MR) is 229 cm³/mol. The molecule has 0 spiro atoms. The summed E-state index contributed by atoms with van der Waals surface area (Å²) in [4.78, 5) is 8.07. The number of benzene rings is 6. The smallest absolute Gasteiger partial charge is 0.0494 e. The van der Waals surface area contributed by atoms with Crippen LogP contribution >= 0.6 is 46.2 Å². The predicted octanol–water partition coefficient (Wildman–Crippen LogP) is 15.5. The van der Waals surface area contributed by atoms with Crippen molar-refractivity contribution < 1.29 is 0 Å². The van der Waals surface area contributed by atoms with Crippen molar-refractivity contribution in [2.45, 2.75) is 67.5 Å². The minimum atomic E-state index is 1.08. The highest BCUT2D eigenvalue weighted by atomic mass is 32.2. The van der Waals surface area contributed by atoms with E-state index in [2.05, 4.69) is 175 Å². The van der Waals surface area contributed by atoms with Gasteiger partial charge in [0.1, 0.15) is 0 Å². The van der Waals surface area contributed by atoms with Crippen molar-refractivity contribution in [3.8, 4) is 20.9 Å². The summed E-state index contributed by atoms with van der Waals surface area (Å²) in [6.07, 6.45) is 1.08. The molecule has 2 heterocycles. The van der Waals surface area contributed by atoms with Gasteiger partial charge in [0.15, 0.2) is 0 Å². The van der Waals surface area contributed by atoms with E-state index in [-0.39, 0.29) is 0 Å². The minimum absolute atomic E-state index is 1.08. The van der Waals surface area contributed by atoms with E-state index in [1.165, 1.54) is 94.0 Å². The van der Waals surface area contributed by atoms with Gasteiger partial charge in [0.05, 0.1) is 0 Å². The number of thiophene rings is 2. The van der Waals surface area contributed by atoms with Gasteiger partial charge in [-0.05, 0) is 105 Å². The Balaban J connectivity index is 0.000000159. The Bertz CT molecular complexity index is 2410. The molecular weight excluding hydrogens is 693 g/mol. The van der Waals surface area contributed by atoms with Crippen molar-refractivity contribution in [2.75, 3.05) is 0 Å². The molecule has 0 N–H and O–H groups in total. The summed E-state index contributed by atoms with van der Waals surface area (Å²) in [5.41, 5.74) is 10.5. The number of fused-ring (bicyclic) bond motifs is 2. The molecule has 0 nitrogen and oxygen atoms in total. The van der Waals surface area contributed by atoms with Gasteiger partial charge in [-0.1, -0.05) is 144 Å². The molecule has 0 aliphatic rings. The van der Waals surface area contributed by atoms with Crippen LogP contribution in [0.3, 0.4) is 0 Å². The van der Waals surface area contributed by atoms with E-state index in [0.717, 1.165) is 6.42 Å². The largest absolute Gasteiger partial charge is 0.134 e. The normalized spacial score (nSPS) is 11.2. The van der Waals surface area contributed by atoms with Gasteiger partial charge in [-0.2, -0.15) is 0 Å². The fourth-order valence-corrected chi connectivity index (χ4v) is 11.0. The van der Waals surface area contributed by atoms with E-state index in [1.807, 2.05) is 46.2 Å². The van der Waals surface area contributed by atoms with Gasteiger partial charge < -0.3 is 0 Å². The zero-order valence-electron chi connectivity index (χ0n) is 30.0. The van der Waals surface area contributed by atoms with Gasteiger partial charge in [0.2, 0.25) is 0 Å². The van der Waals surface area contributed by atoms with Crippen LogP contribution in [0.2, 0.25) is 0 Å².